The summed E-state index contributed by atoms with van der Waals surface area (Å²) >= 11 is 6.10. The van der Waals surface area contributed by atoms with Crippen molar-refractivity contribution in [2.45, 2.75) is 32.4 Å². The van der Waals surface area contributed by atoms with Crippen molar-refractivity contribution in [2.75, 3.05) is 6.61 Å². The molecule has 1 heterocycles. The van der Waals surface area contributed by atoms with Crippen molar-refractivity contribution in [3.05, 3.63) is 45.4 Å². The molecule has 0 saturated carbocycles. The average Bonchev–Trinajstić information content (AvgIpc) is 2.81. The van der Waals surface area contributed by atoms with Crippen molar-refractivity contribution in [3.63, 3.8) is 0 Å². The predicted molar refractivity (Wildman–Crippen MR) is 84.6 cm³/mol. The van der Waals surface area contributed by atoms with Gasteiger partial charge >= 0.3 is 0 Å². The van der Waals surface area contributed by atoms with Gasteiger partial charge in [-0.3, -0.25) is 0 Å². The van der Waals surface area contributed by atoms with Crippen molar-refractivity contribution in [1.82, 2.24) is 4.98 Å². The molecule has 2 nitrogen and oxygen atoms in total. The van der Waals surface area contributed by atoms with Crippen LogP contribution in [0.25, 0.3) is 0 Å². The number of benzene rings is 1. The Bertz CT molecular complexity index is 515. The van der Waals surface area contributed by atoms with Crippen molar-refractivity contribution < 1.29 is 4.74 Å². The zero-order chi connectivity index (χ0) is 13.7. The number of thiazole rings is 1. The number of nitrogens with zero attached hydrogens (tertiary/aromatic N) is 1. The second-order valence-electron chi connectivity index (χ2n) is 4.40. The lowest BCUT2D eigenvalue weighted by molar-refractivity contribution is 0.321. The maximum absolute atomic E-state index is 5.75. The molecule has 0 spiro atoms. The van der Waals surface area contributed by atoms with Crippen LogP contribution in [0.5, 0.6) is 5.75 Å². The van der Waals surface area contributed by atoms with Crippen molar-refractivity contribution in [1.29, 1.82) is 0 Å². The highest BCUT2D eigenvalue weighted by Gasteiger charge is 2.08. The molecule has 1 aromatic heterocycles. The third-order valence-electron chi connectivity index (χ3n) is 2.88. The first kappa shape index (κ1) is 14.4. The van der Waals surface area contributed by atoms with Gasteiger partial charge in [0, 0.05) is 17.1 Å². The number of hydrogen-bond donors (Lipinski definition) is 1. The van der Waals surface area contributed by atoms with Crippen LogP contribution in [0.3, 0.4) is 0 Å². The predicted octanol–water partition coefficient (Wildman–Crippen LogP) is 4.07. The van der Waals surface area contributed by atoms with Crippen LogP contribution < -0.4 is 4.74 Å². The van der Waals surface area contributed by atoms with Crippen LogP contribution >= 0.6 is 24.0 Å². The Labute approximate surface area is 124 Å². The maximum atomic E-state index is 5.75. The van der Waals surface area contributed by atoms with Crippen molar-refractivity contribution >= 4 is 24.0 Å². The van der Waals surface area contributed by atoms with Crippen LogP contribution in [0, 0.1) is 6.92 Å². The van der Waals surface area contributed by atoms with E-state index in [-0.39, 0.29) is 0 Å². The molecule has 0 unspecified atom stereocenters. The molecule has 0 fully saturated rings. The Kier molecular flexibility index (Phi) is 5.28. The first-order valence-corrected chi connectivity index (χ1v) is 7.95. The third-order valence-corrected chi connectivity index (χ3v) is 4.56. The molecule has 0 N–H and O–H groups in total. The second-order valence-corrected chi connectivity index (χ2v) is 5.89. The van der Waals surface area contributed by atoms with E-state index in [1.54, 1.807) is 11.3 Å². The van der Waals surface area contributed by atoms with Gasteiger partial charge in [0.15, 0.2) is 0 Å². The second kappa shape index (κ2) is 6.96. The lowest BCUT2D eigenvalue weighted by Gasteiger charge is -2.05. The highest BCUT2D eigenvalue weighted by atomic mass is 32.1. The zero-order valence-electron chi connectivity index (χ0n) is 11.3. The van der Waals surface area contributed by atoms with Gasteiger partial charge in [-0.1, -0.05) is 19.1 Å². The molecule has 102 valence electrons. The van der Waals surface area contributed by atoms with Crippen LogP contribution in [0.2, 0.25) is 0 Å². The third kappa shape index (κ3) is 3.98. The molecule has 19 heavy (non-hydrogen) atoms. The Morgan fingerprint density at radius 3 is 2.84 bits per heavy atom. The molecule has 0 radical (unpaired) electrons. The molecule has 0 aliphatic rings. The lowest BCUT2D eigenvalue weighted by Crippen LogP contribution is -2.01. The molecule has 4 heteroatoms. The number of aromatic nitrogens is 1. The SMILES string of the molecule is CCc1nc(CCOc2cccc(C)c2)sc1CS. The first-order chi connectivity index (χ1) is 9.22. The fourth-order valence-electron chi connectivity index (χ4n) is 1.90. The van der Waals surface area contributed by atoms with E-state index in [2.05, 4.69) is 43.6 Å². The quantitative estimate of drug-likeness (QED) is 0.811. The minimum atomic E-state index is 0.673. The summed E-state index contributed by atoms with van der Waals surface area (Å²) in [5, 5.41) is 1.15. The molecular weight excluding hydrogens is 274 g/mol. The Morgan fingerprint density at radius 1 is 1.37 bits per heavy atom. The van der Waals surface area contributed by atoms with E-state index in [9.17, 15) is 0 Å². The fourth-order valence-corrected chi connectivity index (χ4v) is 3.28. The Morgan fingerprint density at radius 2 is 2.21 bits per heavy atom. The zero-order valence-corrected chi connectivity index (χ0v) is 13.1. The minimum absolute atomic E-state index is 0.673. The summed E-state index contributed by atoms with van der Waals surface area (Å²) in [4.78, 5) is 5.93. The van der Waals surface area contributed by atoms with Gasteiger partial charge in [0.05, 0.1) is 17.3 Å². The average molecular weight is 293 g/mol. The normalized spacial score (nSPS) is 10.7. The Hall–Kier alpha value is -1.00. The van der Waals surface area contributed by atoms with Crippen LogP contribution in [0.15, 0.2) is 24.3 Å². The van der Waals surface area contributed by atoms with E-state index < -0.39 is 0 Å². The highest BCUT2D eigenvalue weighted by Crippen LogP contribution is 2.22. The number of hydrogen-bond acceptors (Lipinski definition) is 4. The van der Waals surface area contributed by atoms with Crippen molar-refractivity contribution in [2.24, 2.45) is 0 Å². The molecule has 1 aromatic carbocycles. The summed E-state index contributed by atoms with van der Waals surface area (Å²) in [6.07, 6.45) is 1.84. The van der Waals surface area contributed by atoms with Gasteiger partial charge in [0.25, 0.3) is 0 Å². The topological polar surface area (TPSA) is 22.1 Å². The summed E-state index contributed by atoms with van der Waals surface area (Å²) in [5.74, 6) is 1.71. The van der Waals surface area contributed by atoms with Gasteiger partial charge < -0.3 is 4.74 Å². The van der Waals surface area contributed by atoms with Crippen LogP contribution in [0.1, 0.15) is 28.1 Å². The van der Waals surface area contributed by atoms with Crippen LogP contribution in [-0.2, 0) is 18.6 Å². The highest BCUT2D eigenvalue weighted by molar-refractivity contribution is 7.79. The van der Waals surface area contributed by atoms with E-state index in [1.807, 2.05) is 12.1 Å². The Balaban J connectivity index is 1.90. The summed E-state index contributed by atoms with van der Waals surface area (Å²) < 4.78 is 5.75. The largest absolute Gasteiger partial charge is 0.493 e. The molecule has 0 amide bonds. The van der Waals surface area contributed by atoms with Crippen LogP contribution in [-0.4, -0.2) is 11.6 Å². The van der Waals surface area contributed by atoms with Gasteiger partial charge in [0.1, 0.15) is 5.75 Å². The molecule has 2 rings (SSSR count). The summed E-state index contributed by atoms with van der Waals surface area (Å²) in [6.45, 7) is 4.88. The first-order valence-electron chi connectivity index (χ1n) is 6.50. The minimum Gasteiger partial charge on any atom is -0.493 e. The summed E-state index contributed by atoms with van der Waals surface area (Å²) in [5.41, 5.74) is 2.41. The van der Waals surface area contributed by atoms with E-state index in [4.69, 9.17) is 4.74 Å². The fraction of sp³-hybridized carbons (Fsp3) is 0.400. The van der Waals surface area contributed by atoms with Crippen molar-refractivity contribution in [3.8, 4) is 5.75 Å². The molecule has 0 aliphatic heterocycles. The monoisotopic (exact) mass is 293 g/mol. The van der Waals surface area contributed by atoms with Gasteiger partial charge in [-0.25, -0.2) is 4.98 Å². The number of aryl methyl sites for hydroxylation is 2. The van der Waals surface area contributed by atoms with Crippen LogP contribution in [0.4, 0.5) is 0 Å². The maximum Gasteiger partial charge on any atom is 0.119 e. The molecule has 0 atom stereocenters. The standard InChI is InChI=1S/C15H19NOS2/c1-3-13-14(10-18)19-15(16-13)7-8-17-12-6-4-5-11(2)9-12/h4-6,9,18H,3,7-8,10H2,1-2H3. The molecule has 2 aromatic rings. The van der Waals surface area contributed by atoms with E-state index >= 15 is 0 Å². The molecule has 0 saturated heterocycles. The van der Waals surface area contributed by atoms with Gasteiger partial charge in [-0.2, -0.15) is 12.6 Å². The summed E-state index contributed by atoms with van der Waals surface area (Å²) in [7, 11) is 0. The number of thiol groups is 1. The van der Waals surface area contributed by atoms with E-state index in [0.717, 1.165) is 29.4 Å². The molecule has 0 aliphatic carbocycles. The van der Waals surface area contributed by atoms with Gasteiger partial charge in [0.2, 0.25) is 0 Å². The van der Waals surface area contributed by atoms with E-state index in [0.29, 0.717) is 6.61 Å². The lowest BCUT2D eigenvalue weighted by atomic mass is 10.2. The number of rotatable bonds is 6. The molecular formula is C15H19NOS2. The summed E-state index contributed by atoms with van der Waals surface area (Å²) in [6, 6.07) is 8.13. The van der Waals surface area contributed by atoms with Gasteiger partial charge in [-0.05, 0) is 31.0 Å². The number of ether oxygens (including phenoxy) is 1. The molecule has 0 bridgehead atoms. The van der Waals surface area contributed by atoms with E-state index in [1.165, 1.54) is 16.1 Å². The smallest absolute Gasteiger partial charge is 0.119 e. The van der Waals surface area contributed by atoms with Gasteiger partial charge in [-0.15, -0.1) is 11.3 Å².